The number of hydrogen-bond donors (Lipinski definition) is 0. The molecule has 0 saturated heterocycles. The molecule has 0 aliphatic heterocycles. The molecule has 0 rings (SSSR count). The molecule has 0 heterocycles. The van der Waals surface area contributed by atoms with Crippen LogP contribution in [0.2, 0.25) is 0 Å². The third-order valence-electron chi connectivity index (χ3n) is 0. The summed E-state index contributed by atoms with van der Waals surface area (Å²) in [6.07, 6.45) is 0. The number of carboxylic acids is 3. The first-order valence-corrected chi connectivity index (χ1v) is 2.72. The van der Waals surface area contributed by atoms with Crippen molar-refractivity contribution in [3.63, 3.8) is 0 Å². The Kier molecular flexibility index (Phi) is 30.6. The fourth-order valence-electron chi connectivity index (χ4n) is 0. The second kappa shape index (κ2) is 17.4. The molecule has 0 fully saturated rings. The first-order chi connectivity index (χ1) is 5.20. The Labute approximate surface area is 95.7 Å². The minimum atomic E-state index is -1.08. The monoisotopic (exact) mass is 382 g/mol. The van der Waals surface area contributed by atoms with Gasteiger partial charge in [-0.15, -0.1) is 0 Å². The average Bonchev–Trinajstić information content (AvgIpc) is 1.54. The summed E-state index contributed by atoms with van der Waals surface area (Å²) in [7, 11) is 0. The van der Waals surface area contributed by atoms with Gasteiger partial charge in [0.1, 0.15) is 0 Å². The number of carbonyl (C=O) groups is 3. The van der Waals surface area contributed by atoms with Gasteiger partial charge in [-0.25, -0.2) is 0 Å². The molecule has 0 aliphatic carbocycles. The van der Waals surface area contributed by atoms with Gasteiger partial charge in [-0.3, -0.25) is 0 Å². The molecule has 13 heavy (non-hydrogen) atoms. The maximum atomic E-state index is 8.89. The normalized spacial score (nSPS) is 5.77. The van der Waals surface area contributed by atoms with E-state index in [2.05, 4.69) is 0 Å². The molecular formula is C6H9O6Tl. The van der Waals surface area contributed by atoms with Crippen molar-refractivity contribution in [2.45, 2.75) is 20.8 Å². The number of aliphatic carboxylic acids is 3. The van der Waals surface area contributed by atoms with E-state index in [1.54, 1.807) is 0 Å². The van der Waals surface area contributed by atoms with Crippen molar-refractivity contribution in [3.05, 3.63) is 0 Å². The van der Waals surface area contributed by atoms with Crippen LogP contribution in [0.3, 0.4) is 0 Å². The van der Waals surface area contributed by atoms with E-state index < -0.39 is 17.9 Å². The molecule has 0 aromatic carbocycles. The van der Waals surface area contributed by atoms with Crippen LogP contribution in [0, 0.1) is 0 Å². The minimum absolute atomic E-state index is 0. The smallest absolute Gasteiger partial charge is 0.550 e. The largest absolute Gasteiger partial charge is 3.00 e. The van der Waals surface area contributed by atoms with E-state index in [1.165, 1.54) is 0 Å². The molecule has 0 atom stereocenters. The molecule has 72 valence electrons. The van der Waals surface area contributed by atoms with Crippen LogP contribution in [0.25, 0.3) is 0 Å². The molecule has 0 bridgehead atoms. The van der Waals surface area contributed by atoms with Crippen molar-refractivity contribution in [2.24, 2.45) is 0 Å². The van der Waals surface area contributed by atoms with Crippen molar-refractivity contribution >= 4 is 45.2 Å². The van der Waals surface area contributed by atoms with Gasteiger partial charge in [-0.1, -0.05) is 0 Å². The Morgan fingerprint density at radius 1 is 0.692 bits per heavy atom. The van der Waals surface area contributed by atoms with E-state index in [0.717, 1.165) is 20.8 Å². The number of carboxylic acid groups (broad SMARTS) is 3. The summed E-state index contributed by atoms with van der Waals surface area (Å²) in [5, 5.41) is 26.7. The third kappa shape index (κ3) is 2210. The Morgan fingerprint density at radius 2 is 0.692 bits per heavy atom. The fraction of sp³-hybridized carbons (Fsp3) is 0.500. The Morgan fingerprint density at radius 3 is 0.692 bits per heavy atom. The second-order valence-corrected chi connectivity index (χ2v) is 1.47. The zero-order chi connectivity index (χ0) is 10.7. The van der Waals surface area contributed by atoms with Crippen molar-refractivity contribution in [3.8, 4) is 0 Å². The molecule has 0 amide bonds. The fourth-order valence-corrected chi connectivity index (χ4v) is 0. The minimum Gasteiger partial charge on any atom is -0.550 e. The zero-order valence-corrected chi connectivity index (χ0v) is 12.0. The van der Waals surface area contributed by atoms with Crippen LogP contribution in [-0.2, 0) is 14.4 Å². The van der Waals surface area contributed by atoms with Crippen molar-refractivity contribution in [1.82, 2.24) is 0 Å². The molecule has 7 heteroatoms. The van der Waals surface area contributed by atoms with Gasteiger partial charge in [0.05, 0.1) is 0 Å². The Hall–Kier alpha value is -0.668. The Balaban J connectivity index is -0.0000000450. The molecule has 0 aliphatic rings. The second-order valence-electron chi connectivity index (χ2n) is 1.47. The SMILES string of the molecule is CC(=O)[O-].CC(=O)[O-].CC(=O)[O-].[Tl+3]. The quantitative estimate of drug-likeness (QED) is 0.393. The van der Waals surface area contributed by atoms with Crippen LogP contribution >= 0.6 is 0 Å². The van der Waals surface area contributed by atoms with E-state index in [0.29, 0.717) is 0 Å². The van der Waals surface area contributed by atoms with Crippen molar-refractivity contribution in [1.29, 1.82) is 0 Å². The van der Waals surface area contributed by atoms with Gasteiger partial charge < -0.3 is 29.7 Å². The van der Waals surface area contributed by atoms with E-state index in [9.17, 15) is 0 Å². The van der Waals surface area contributed by atoms with Crippen LogP contribution in [0.15, 0.2) is 0 Å². The van der Waals surface area contributed by atoms with Gasteiger partial charge in [0.2, 0.25) is 0 Å². The molecule has 0 spiro atoms. The van der Waals surface area contributed by atoms with Crippen LogP contribution < -0.4 is 15.3 Å². The molecule has 0 aromatic rings. The molecule has 0 radical (unpaired) electrons. The van der Waals surface area contributed by atoms with Gasteiger partial charge in [0.25, 0.3) is 0 Å². The van der Waals surface area contributed by atoms with E-state index in [1.807, 2.05) is 0 Å². The summed E-state index contributed by atoms with van der Waals surface area (Å²) in [5.74, 6) is -3.25. The summed E-state index contributed by atoms with van der Waals surface area (Å²) in [6, 6.07) is 0. The third-order valence-corrected chi connectivity index (χ3v) is 0. The first kappa shape index (κ1) is 22.8. The van der Waals surface area contributed by atoms with Crippen LogP contribution in [-0.4, -0.2) is 45.2 Å². The predicted octanol–water partition coefficient (Wildman–Crippen LogP) is -4.11. The maximum absolute atomic E-state index is 8.89. The topological polar surface area (TPSA) is 120 Å². The molecule has 0 saturated carbocycles. The van der Waals surface area contributed by atoms with Crippen molar-refractivity contribution < 1.29 is 29.7 Å². The average molecular weight is 382 g/mol. The molecule has 6 nitrogen and oxygen atoms in total. The van der Waals surface area contributed by atoms with Gasteiger partial charge in [0, 0.05) is 17.9 Å². The number of hydrogen-bond acceptors (Lipinski definition) is 6. The van der Waals surface area contributed by atoms with Gasteiger partial charge in [0.15, 0.2) is 0 Å². The summed E-state index contributed by atoms with van der Waals surface area (Å²) < 4.78 is 0. The molecule has 0 unspecified atom stereocenters. The molecular weight excluding hydrogens is 372 g/mol. The summed E-state index contributed by atoms with van der Waals surface area (Å²) in [5.41, 5.74) is 0. The number of rotatable bonds is 0. The predicted molar refractivity (Wildman–Crippen MR) is 37.8 cm³/mol. The van der Waals surface area contributed by atoms with E-state index >= 15 is 0 Å². The first-order valence-electron chi connectivity index (χ1n) is 2.72. The van der Waals surface area contributed by atoms with E-state index in [4.69, 9.17) is 29.7 Å². The van der Waals surface area contributed by atoms with Gasteiger partial charge >= 0.3 is 27.3 Å². The molecule has 0 N–H and O–H groups in total. The van der Waals surface area contributed by atoms with Gasteiger partial charge in [-0.05, 0) is 20.8 Å². The summed E-state index contributed by atoms with van der Waals surface area (Å²) in [4.78, 5) is 26.7. The summed E-state index contributed by atoms with van der Waals surface area (Å²) >= 11 is 0. The standard InChI is InChI=1S/3C2H4O2.Tl/c3*1-2(3)4;/h3*1H3,(H,3,4);/q;;;+3/p-3. The number of carbonyl (C=O) groups excluding carboxylic acids is 3. The van der Waals surface area contributed by atoms with Crippen molar-refractivity contribution in [2.75, 3.05) is 0 Å². The maximum Gasteiger partial charge on any atom is 3.00 e. The van der Waals surface area contributed by atoms with Crippen LogP contribution in [0.4, 0.5) is 0 Å². The van der Waals surface area contributed by atoms with E-state index in [-0.39, 0.29) is 27.3 Å². The Bertz CT molecular complexity index is 115. The van der Waals surface area contributed by atoms with Gasteiger partial charge in [-0.2, -0.15) is 0 Å². The summed E-state index contributed by atoms with van der Waals surface area (Å²) in [6.45, 7) is 2.92. The molecule has 0 aromatic heterocycles. The van der Waals surface area contributed by atoms with Crippen LogP contribution in [0.1, 0.15) is 20.8 Å². The van der Waals surface area contributed by atoms with Crippen LogP contribution in [0.5, 0.6) is 0 Å². The zero-order valence-electron chi connectivity index (χ0n) is 7.53.